The largest absolute Gasteiger partial charge is 0.383 e. The van der Waals surface area contributed by atoms with Gasteiger partial charge in [0.05, 0.1) is 18.9 Å². The molecule has 1 unspecified atom stereocenters. The third-order valence-corrected chi connectivity index (χ3v) is 5.22. The lowest BCUT2D eigenvalue weighted by molar-refractivity contribution is 0.145. The van der Waals surface area contributed by atoms with E-state index < -0.39 is 0 Å². The van der Waals surface area contributed by atoms with Gasteiger partial charge in [0, 0.05) is 44.9 Å². The molecule has 2 aromatic carbocycles. The smallest absolute Gasteiger partial charge is 0.253 e. The van der Waals surface area contributed by atoms with Gasteiger partial charge in [-0.05, 0) is 17.2 Å². The molecule has 0 aliphatic heterocycles. The van der Waals surface area contributed by atoms with Gasteiger partial charge in [0.25, 0.3) is 5.88 Å². The van der Waals surface area contributed by atoms with Crippen LogP contribution in [0.25, 0.3) is 11.1 Å². The molecule has 0 amide bonds. The summed E-state index contributed by atoms with van der Waals surface area (Å²) in [6.07, 6.45) is 0. The number of halogens is 1. The Hall–Kier alpha value is -3.23. The Balaban J connectivity index is 1.75. The number of aliphatic imine (C=N–C) groups is 1. The summed E-state index contributed by atoms with van der Waals surface area (Å²) in [5.41, 5.74) is 8.98. The molecule has 1 aromatic heterocycles. The standard InChI is InChI=1S/C24H29FN4O3/c1-17(19-9-10-20(21(25)15-19)18-7-5-4-6-8-18)22-16-23(32-28-22)27-24(26)29(11-13-30-2)12-14-31-3/h4-10,15-17H,11-14H2,1-3H3,(H2,26,27). The van der Waals surface area contributed by atoms with Crippen LogP contribution in [0.4, 0.5) is 10.3 Å². The number of methoxy groups -OCH3 is 2. The Labute approximate surface area is 187 Å². The molecule has 1 heterocycles. The Morgan fingerprint density at radius 2 is 1.78 bits per heavy atom. The van der Waals surface area contributed by atoms with Crippen LogP contribution in [0.5, 0.6) is 0 Å². The first-order chi connectivity index (χ1) is 15.5. The molecule has 0 fully saturated rings. The van der Waals surface area contributed by atoms with Crippen molar-refractivity contribution < 1.29 is 18.4 Å². The van der Waals surface area contributed by atoms with Crippen LogP contribution < -0.4 is 5.73 Å². The van der Waals surface area contributed by atoms with Crippen molar-refractivity contribution in [3.05, 3.63) is 71.7 Å². The first-order valence-electron chi connectivity index (χ1n) is 10.4. The van der Waals surface area contributed by atoms with Crippen molar-refractivity contribution in [2.45, 2.75) is 12.8 Å². The molecule has 1 atom stereocenters. The minimum atomic E-state index is -0.279. The Morgan fingerprint density at radius 3 is 2.41 bits per heavy atom. The van der Waals surface area contributed by atoms with Gasteiger partial charge in [0.1, 0.15) is 5.82 Å². The van der Waals surface area contributed by atoms with Crippen molar-refractivity contribution in [2.75, 3.05) is 40.5 Å². The van der Waals surface area contributed by atoms with Gasteiger partial charge < -0.3 is 24.6 Å². The number of rotatable bonds is 10. The number of nitrogens with two attached hydrogens (primary N) is 1. The third kappa shape index (κ3) is 5.93. The first kappa shape index (κ1) is 23.4. The molecular formula is C24H29FN4O3. The number of guanidine groups is 1. The fraction of sp³-hybridized carbons (Fsp3) is 0.333. The molecule has 3 rings (SSSR count). The van der Waals surface area contributed by atoms with Crippen LogP contribution in [-0.2, 0) is 9.47 Å². The normalized spacial score (nSPS) is 12.7. The average molecular weight is 441 g/mol. The van der Waals surface area contributed by atoms with Crippen molar-refractivity contribution >= 4 is 11.8 Å². The van der Waals surface area contributed by atoms with Crippen LogP contribution in [-0.4, -0.2) is 56.5 Å². The molecule has 0 saturated heterocycles. The molecule has 3 aromatic rings. The highest BCUT2D eigenvalue weighted by Crippen LogP contribution is 2.30. The van der Waals surface area contributed by atoms with E-state index >= 15 is 0 Å². The predicted octanol–water partition coefficient (Wildman–Crippen LogP) is 4.17. The van der Waals surface area contributed by atoms with E-state index in [0.717, 1.165) is 11.1 Å². The molecule has 0 radical (unpaired) electrons. The predicted molar refractivity (Wildman–Crippen MR) is 122 cm³/mol. The molecule has 0 spiro atoms. The quantitative estimate of drug-likeness (QED) is 0.376. The average Bonchev–Trinajstić information content (AvgIpc) is 3.27. The first-order valence-corrected chi connectivity index (χ1v) is 10.4. The van der Waals surface area contributed by atoms with Crippen LogP contribution >= 0.6 is 0 Å². The molecular weight excluding hydrogens is 411 g/mol. The molecule has 32 heavy (non-hydrogen) atoms. The lowest BCUT2D eigenvalue weighted by atomic mass is 9.95. The van der Waals surface area contributed by atoms with E-state index in [1.165, 1.54) is 6.07 Å². The SMILES string of the molecule is COCCN(CCOC)C(N)=Nc1cc(C(C)c2ccc(-c3ccccc3)c(F)c2)no1. The van der Waals surface area contributed by atoms with E-state index in [1.54, 1.807) is 26.4 Å². The summed E-state index contributed by atoms with van der Waals surface area (Å²) in [6.45, 7) is 4.08. The molecule has 8 heteroatoms. The van der Waals surface area contributed by atoms with E-state index in [4.69, 9.17) is 19.7 Å². The maximum atomic E-state index is 14.8. The molecule has 0 aliphatic carbocycles. The molecule has 7 nitrogen and oxygen atoms in total. The van der Waals surface area contributed by atoms with E-state index in [2.05, 4.69) is 10.1 Å². The monoisotopic (exact) mass is 440 g/mol. The summed E-state index contributed by atoms with van der Waals surface area (Å²) in [7, 11) is 3.25. The lowest BCUT2D eigenvalue weighted by Gasteiger charge is -2.22. The molecule has 2 N–H and O–H groups in total. The van der Waals surface area contributed by atoms with E-state index in [1.807, 2.05) is 48.2 Å². The number of hydrogen-bond donors (Lipinski definition) is 1. The second-order valence-electron chi connectivity index (χ2n) is 7.36. The van der Waals surface area contributed by atoms with Gasteiger partial charge in [0.15, 0.2) is 5.96 Å². The second kappa shape index (κ2) is 11.4. The van der Waals surface area contributed by atoms with Crippen LogP contribution in [0.1, 0.15) is 24.1 Å². The van der Waals surface area contributed by atoms with E-state index in [9.17, 15) is 4.39 Å². The summed E-state index contributed by atoms with van der Waals surface area (Å²) >= 11 is 0. The van der Waals surface area contributed by atoms with Crippen LogP contribution in [0.15, 0.2) is 64.1 Å². The summed E-state index contributed by atoms with van der Waals surface area (Å²) in [4.78, 5) is 6.18. The second-order valence-corrected chi connectivity index (χ2v) is 7.36. The van der Waals surface area contributed by atoms with E-state index in [-0.39, 0.29) is 23.6 Å². The summed E-state index contributed by atoms with van der Waals surface area (Å²) in [6, 6.07) is 16.4. The minimum Gasteiger partial charge on any atom is -0.383 e. The van der Waals surface area contributed by atoms with Crippen molar-refractivity contribution in [3.8, 4) is 11.1 Å². The number of nitrogens with zero attached hydrogens (tertiary/aromatic N) is 3. The maximum Gasteiger partial charge on any atom is 0.253 e. The summed E-state index contributed by atoms with van der Waals surface area (Å²) < 4.78 is 30.4. The van der Waals surface area contributed by atoms with Gasteiger partial charge in [-0.3, -0.25) is 0 Å². The Bertz CT molecular complexity index is 1020. The Morgan fingerprint density at radius 1 is 1.09 bits per heavy atom. The molecule has 0 saturated carbocycles. The zero-order chi connectivity index (χ0) is 22.9. The zero-order valence-electron chi connectivity index (χ0n) is 18.6. The maximum absolute atomic E-state index is 14.8. The highest BCUT2D eigenvalue weighted by Gasteiger charge is 2.17. The third-order valence-electron chi connectivity index (χ3n) is 5.22. The van der Waals surface area contributed by atoms with Crippen LogP contribution in [0.2, 0.25) is 0 Å². The van der Waals surface area contributed by atoms with Crippen LogP contribution in [0.3, 0.4) is 0 Å². The van der Waals surface area contributed by atoms with Gasteiger partial charge in [-0.1, -0.05) is 54.5 Å². The van der Waals surface area contributed by atoms with Crippen molar-refractivity contribution in [2.24, 2.45) is 10.7 Å². The van der Waals surface area contributed by atoms with Crippen molar-refractivity contribution in [1.29, 1.82) is 0 Å². The number of ether oxygens (including phenoxy) is 2. The Kier molecular flexibility index (Phi) is 8.35. The fourth-order valence-corrected chi connectivity index (χ4v) is 3.29. The van der Waals surface area contributed by atoms with Crippen LogP contribution in [0, 0.1) is 5.82 Å². The molecule has 0 aliphatic rings. The molecule has 0 bridgehead atoms. The highest BCUT2D eigenvalue weighted by atomic mass is 19.1. The highest BCUT2D eigenvalue weighted by molar-refractivity contribution is 5.80. The van der Waals surface area contributed by atoms with Crippen molar-refractivity contribution in [3.63, 3.8) is 0 Å². The lowest BCUT2D eigenvalue weighted by Crippen LogP contribution is -2.41. The van der Waals surface area contributed by atoms with Gasteiger partial charge in [-0.15, -0.1) is 0 Å². The van der Waals surface area contributed by atoms with Gasteiger partial charge in [-0.2, -0.15) is 4.99 Å². The summed E-state index contributed by atoms with van der Waals surface area (Å²) in [5.74, 6) is 0.109. The van der Waals surface area contributed by atoms with Gasteiger partial charge >= 0.3 is 0 Å². The number of aromatic nitrogens is 1. The molecule has 170 valence electrons. The van der Waals surface area contributed by atoms with Crippen molar-refractivity contribution in [1.82, 2.24) is 10.1 Å². The topological polar surface area (TPSA) is 86.1 Å². The minimum absolute atomic E-state index is 0.179. The number of benzene rings is 2. The van der Waals surface area contributed by atoms with E-state index in [0.29, 0.717) is 37.6 Å². The van der Waals surface area contributed by atoms with Gasteiger partial charge in [-0.25, -0.2) is 4.39 Å². The number of hydrogen-bond acceptors (Lipinski definition) is 5. The zero-order valence-corrected chi connectivity index (χ0v) is 18.6. The summed E-state index contributed by atoms with van der Waals surface area (Å²) in [5, 5.41) is 4.11. The fourth-order valence-electron chi connectivity index (χ4n) is 3.29. The van der Waals surface area contributed by atoms with Gasteiger partial charge in [0.2, 0.25) is 0 Å².